The van der Waals surface area contributed by atoms with Gasteiger partial charge < -0.3 is 9.47 Å². The van der Waals surface area contributed by atoms with Gasteiger partial charge >= 0.3 is 5.97 Å². The monoisotopic (exact) mass is 289 g/mol. The summed E-state index contributed by atoms with van der Waals surface area (Å²) in [6.45, 7) is 2.50. The van der Waals surface area contributed by atoms with Crippen LogP contribution in [-0.2, 0) is 15.9 Å². The minimum absolute atomic E-state index is 0.0241. The summed E-state index contributed by atoms with van der Waals surface area (Å²) >= 11 is 0. The summed E-state index contributed by atoms with van der Waals surface area (Å²) in [5.74, 6) is -0.479. The van der Waals surface area contributed by atoms with Gasteiger partial charge in [-0.2, -0.15) is 0 Å². The molecule has 0 radical (unpaired) electrons. The first-order chi connectivity index (χ1) is 10.2. The molecule has 6 heteroatoms. The van der Waals surface area contributed by atoms with Crippen LogP contribution in [0.1, 0.15) is 34.7 Å². The van der Waals surface area contributed by atoms with Crippen molar-refractivity contribution in [3.8, 4) is 0 Å². The lowest BCUT2D eigenvalue weighted by molar-refractivity contribution is 0.0592. The molecule has 0 fully saturated rings. The van der Waals surface area contributed by atoms with Crippen molar-refractivity contribution in [1.29, 1.82) is 0 Å². The SMILES string of the molecule is COCCc1c(C(=O)OC)nnn1C(C)c1ccccc1. The van der Waals surface area contributed by atoms with Gasteiger partial charge in [-0.05, 0) is 12.5 Å². The Bertz CT molecular complexity index is 595. The first-order valence-corrected chi connectivity index (χ1v) is 6.75. The molecule has 2 aromatic rings. The number of carbonyl (C=O) groups excluding carboxylic acids is 1. The highest BCUT2D eigenvalue weighted by Gasteiger charge is 2.23. The predicted molar refractivity (Wildman–Crippen MR) is 77.2 cm³/mol. The van der Waals surface area contributed by atoms with Crippen LogP contribution in [0.5, 0.6) is 0 Å². The largest absolute Gasteiger partial charge is 0.464 e. The lowest BCUT2D eigenvalue weighted by atomic mass is 10.1. The standard InChI is InChI=1S/C15H19N3O3/c1-11(12-7-5-4-6-8-12)18-13(9-10-20-2)14(16-17-18)15(19)21-3/h4-8,11H,9-10H2,1-3H3. The number of esters is 1. The summed E-state index contributed by atoms with van der Waals surface area (Å²) in [5, 5.41) is 8.09. The smallest absolute Gasteiger partial charge is 0.360 e. The third-order valence-electron chi connectivity index (χ3n) is 3.36. The van der Waals surface area contributed by atoms with Crippen LogP contribution in [0.25, 0.3) is 0 Å². The van der Waals surface area contributed by atoms with Gasteiger partial charge in [-0.25, -0.2) is 9.48 Å². The number of aromatic nitrogens is 3. The van der Waals surface area contributed by atoms with E-state index in [1.165, 1.54) is 7.11 Å². The number of hydrogen-bond acceptors (Lipinski definition) is 5. The molecule has 0 amide bonds. The maximum atomic E-state index is 11.8. The van der Waals surface area contributed by atoms with Gasteiger partial charge in [0, 0.05) is 13.5 Å². The third-order valence-corrected chi connectivity index (χ3v) is 3.36. The molecule has 0 aliphatic rings. The summed E-state index contributed by atoms with van der Waals surface area (Å²) in [6.07, 6.45) is 0.547. The molecule has 0 bridgehead atoms. The maximum Gasteiger partial charge on any atom is 0.360 e. The Morgan fingerprint density at radius 2 is 2.00 bits per heavy atom. The first-order valence-electron chi connectivity index (χ1n) is 6.75. The molecular weight excluding hydrogens is 270 g/mol. The summed E-state index contributed by atoms with van der Waals surface area (Å²) in [5.41, 5.74) is 2.06. The second kappa shape index (κ2) is 6.99. The van der Waals surface area contributed by atoms with Crippen molar-refractivity contribution in [2.75, 3.05) is 20.8 Å². The Morgan fingerprint density at radius 3 is 2.62 bits per heavy atom. The molecule has 0 saturated heterocycles. The average Bonchev–Trinajstić information content (AvgIpc) is 2.96. The number of benzene rings is 1. The van der Waals surface area contributed by atoms with Gasteiger partial charge in [0.15, 0.2) is 5.69 Å². The van der Waals surface area contributed by atoms with E-state index in [9.17, 15) is 4.79 Å². The molecule has 1 atom stereocenters. The zero-order valence-electron chi connectivity index (χ0n) is 12.4. The molecule has 0 N–H and O–H groups in total. The van der Waals surface area contributed by atoms with Crippen molar-refractivity contribution in [3.63, 3.8) is 0 Å². The Balaban J connectivity index is 2.38. The molecule has 1 heterocycles. The topological polar surface area (TPSA) is 66.2 Å². The number of ether oxygens (including phenoxy) is 2. The molecule has 112 valence electrons. The van der Waals surface area contributed by atoms with E-state index in [0.717, 1.165) is 11.3 Å². The van der Waals surface area contributed by atoms with Gasteiger partial charge in [0.2, 0.25) is 0 Å². The Kier molecular flexibility index (Phi) is 5.05. The van der Waals surface area contributed by atoms with Crippen molar-refractivity contribution in [1.82, 2.24) is 15.0 Å². The molecule has 21 heavy (non-hydrogen) atoms. The maximum absolute atomic E-state index is 11.8. The van der Waals surface area contributed by atoms with E-state index in [-0.39, 0.29) is 11.7 Å². The van der Waals surface area contributed by atoms with Crippen molar-refractivity contribution < 1.29 is 14.3 Å². The second-order valence-corrected chi connectivity index (χ2v) is 4.65. The predicted octanol–water partition coefficient (Wildman–Crippen LogP) is 1.86. The van der Waals surface area contributed by atoms with Crippen LogP contribution in [0.15, 0.2) is 30.3 Å². The molecule has 0 spiro atoms. The number of carbonyl (C=O) groups is 1. The van der Waals surface area contributed by atoms with Crippen LogP contribution in [0, 0.1) is 0 Å². The summed E-state index contributed by atoms with van der Waals surface area (Å²) in [4.78, 5) is 11.8. The van der Waals surface area contributed by atoms with E-state index in [2.05, 4.69) is 10.3 Å². The lowest BCUT2D eigenvalue weighted by Gasteiger charge is -2.15. The number of rotatable bonds is 6. The number of methoxy groups -OCH3 is 2. The van der Waals surface area contributed by atoms with Crippen molar-refractivity contribution >= 4 is 5.97 Å². The molecule has 2 rings (SSSR count). The van der Waals surface area contributed by atoms with Crippen molar-refractivity contribution in [2.45, 2.75) is 19.4 Å². The van der Waals surface area contributed by atoms with E-state index in [1.807, 2.05) is 37.3 Å². The van der Waals surface area contributed by atoms with E-state index in [4.69, 9.17) is 9.47 Å². The summed E-state index contributed by atoms with van der Waals surface area (Å²) < 4.78 is 11.6. The fraction of sp³-hybridized carbons (Fsp3) is 0.400. The Morgan fingerprint density at radius 1 is 1.29 bits per heavy atom. The molecule has 1 unspecified atom stereocenters. The van der Waals surface area contributed by atoms with Gasteiger partial charge in [-0.1, -0.05) is 35.5 Å². The first kappa shape index (κ1) is 15.2. The van der Waals surface area contributed by atoms with Crippen molar-refractivity contribution in [3.05, 3.63) is 47.3 Å². The van der Waals surface area contributed by atoms with Crippen LogP contribution < -0.4 is 0 Å². The molecular formula is C15H19N3O3. The molecule has 1 aromatic heterocycles. The van der Waals surface area contributed by atoms with Crippen LogP contribution in [0.3, 0.4) is 0 Å². The molecule has 6 nitrogen and oxygen atoms in total. The van der Waals surface area contributed by atoms with Gasteiger partial charge in [-0.3, -0.25) is 0 Å². The quantitative estimate of drug-likeness (QED) is 0.759. The number of nitrogens with zero attached hydrogens (tertiary/aromatic N) is 3. The van der Waals surface area contributed by atoms with Crippen LogP contribution in [0.2, 0.25) is 0 Å². The Hall–Kier alpha value is -2.21. The molecule has 0 aliphatic carbocycles. The lowest BCUT2D eigenvalue weighted by Crippen LogP contribution is -2.15. The fourth-order valence-corrected chi connectivity index (χ4v) is 2.18. The Labute approximate surface area is 123 Å². The minimum Gasteiger partial charge on any atom is -0.464 e. The number of hydrogen-bond donors (Lipinski definition) is 0. The fourth-order valence-electron chi connectivity index (χ4n) is 2.18. The zero-order valence-corrected chi connectivity index (χ0v) is 12.4. The van der Waals surface area contributed by atoms with Crippen LogP contribution >= 0.6 is 0 Å². The van der Waals surface area contributed by atoms with E-state index in [1.54, 1.807) is 11.8 Å². The van der Waals surface area contributed by atoms with E-state index >= 15 is 0 Å². The second-order valence-electron chi connectivity index (χ2n) is 4.65. The molecule has 0 saturated carbocycles. The highest BCUT2D eigenvalue weighted by atomic mass is 16.5. The normalized spacial score (nSPS) is 12.1. The van der Waals surface area contributed by atoms with Crippen molar-refractivity contribution in [2.24, 2.45) is 0 Å². The van der Waals surface area contributed by atoms with E-state index < -0.39 is 5.97 Å². The summed E-state index contributed by atoms with van der Waals surface area (Å²) in [7, 11) is 2.95. The van der Waals surface area contributed by atoms with Gasteiger partial charge in [0.05, 0.1) is 25.5 Å². The van der Waals surface area contributed by atoms with Crippen LogP contribution in [-0.4, -0.2) is 41.8 Å². The average molecular weight is 289 g/mol. The van der Waals surface area contributed by atoms with Gasteiger partial charge in [-0.15, -0.1) is 5.10 Å². The van der Waals surface area contributed by atoms with Crippen LogP contribution in [0.4, 0.5) is 0 Å². The minimum atomic E-state index is -0.479. The highest BCUT2D eigenvalue weighted by molar-refractivity contribution is 5.88. The molecule has 0 aliphatic heterocycles. The highest BCUT2D eigenvalue weighted by Crippen LogP contribution is 2.20. The summed E-state index contributed by atoms with van der Waals surface area (Å²) in [6, 6.07) is 9.92. The van der Waals surface area contributed by atoms with Gasteiger partial charge in [0.1, 0.15) is 0 Å². The zero-order chi connectivity index (χ0) is 15.2. The van der Waals surface area contributed by atoms with E-state index in [0.29, 0.717) is 13.0 Å². The third kappa shape index (κ3) is 3.28. The molecule has 1 aromatic carbocycles. The van der Waals surface area contributed by atoms with Gasteiger partial charge in [0.25, 0.3) is 0 Å².